The van der Waals surface area contributed by atoms with E-state index in [2.05, 4.69) is 4.72 Å². The first-order valence-electron chi connectivity index (χ1n) is 6.44. The lowest BCUT2D eigenvalue weighted by atomic mass is 10.2. The molecule has 8 heteroatoms. The average molecular weight is 333 g/mol. The van der Waals surface area contributed by atoms with Gasteiger partial charge >= 0.3 is 5.97 Å². The second-order valence-electron chi connectivity index (χ2n) is 4.30. The summed E-state index contributed by atoms with van der Waals surface area (Å²) in [6.45, 7) is 0.455. The summed E-state index contributed by atoms with van der Waals surface area (Å²) in [6, 6.07) is 5.80. The standard InChI is InChI=1S/C13H19NO5S2/c15-7-1-8-20-9-6-14-21(18,19)12-4-2-11(3-5-12)10-13(16)17/h2-5,14-15H,1,6-10H2,(H,16,17). The molecule has 0 spiro atoms. The van der Waals surface area contributed by atoms with Crippen LogP contribution in [0.4, 0.5) is 0 Å². The Balaban J connectivity index is 2.48. The van der Waals surface area contributed by atoms with Gasteiger partial charge in [-0.25, -0.2) is 13.1 Å². The second kappa shape index (κ2) is 9.04. The highest BCUT2D eigenvalue weighted by molar-refractivity contribution is 7.99. The first kappa shape index (κ1) is 18.0. The van der Waals surface area contributed by atoms with E-state index in [1.54, 1.807) is 11.8 Å². The van der Waals surface area contributed by atoms with Crippen molar-refractivity contribution in [2.45, 2.75) is 17.7 Å². The van der Waals surface area contributed by atoms with E-state index in [1.165, 1.54) is 24.3 Å². The molecule has 1 aromatic rings. The number of aliphatic carboxylic acids is 1. The Bertz CT molecular complexity index is 542. The Morgan fingerprint density at radius 3 is 2.43 bits per heavy atom. The van der Waals surface area contributed by atoms with Gasteiger partial charge in [0.25, 0.3) is 0 Å². The number of rotatable bonds is 10. The van der Waals surface area contributed by atoms with E-state index in [4.69, 9.17) is 10.2 Å². The van der Waals surface area contributed by atoms with Gasteiger partial charge in [-0.1, -0.05) is 12.1 Å². The summed E-state index contributed by atoms with van der Waals surface area (Å²) in [7, 11) is -3.56. The van der Waals surface area contributed by atoms with Gasteiger partial charge in [-0.05, 0) is 29.9 Å². The third-order valence-corrected chi connectivity index (χ3v) is 5.12. The molecule has 0 saturated carbocycles. The fourth-order valence-corrected chi connectivity index (χ4v) is 3.51. The van der Waals surface area contributed by atoms with Crippen LogP contribution in [0.3, 0.4) is 0 Å². The molecule has 6 nitrogen and oxygen atoms in total. The van der Waals surface area contributed by atoms with Gasteiger partial charge in [-0.15, -0.1) is 0 Å². The van der Waals surface area contributed by atoms with E-state index in [9.17, 15) is 13.2 Å². The third kappa shape index (κ3) is 6.94. The summed E-state index contributed by atoms with van der Waals surface area (Å²) >= 11 is 1.57. The van der Waals surface area contributed by atoms with Gasteiger partial charge in [-0.2, -0.15) is 11.8 Å². The van der Waals surface area contributed by atoms with Crippen LogP contribution in [0, 0.1) is 0 Å². The molecule has 0 bridgehead atoms. The van der Waals surface area contributed by atoms with Gasteiger partial charge < -0.3 is 10.2 Å². The molecule has 1 aromatic carbocycles. The number of carbonyl (C=O) groups is 1. The summed E-state index contributed by atoms with van der Waals surface area (Å²) in [5.74, 6) is 0.474. The minimum Gasteiger partial charge on any atom is -0.481 e. The van der Waals surface area contributed by atoms with E-state index in [0.29, 0.717) is 24.3 Å². The molecule has 0 aliphatic carbocycles. The maximum absolute atomic E-state index is 12.0. The van der Waals surface area contributed by atoms with Crippen LogP contribution in [0.15, 0.2) is 29.2 Å². The zero-order valence-corrected chi connectivity index (χ0v) is 13.1. The molecule has 0 atom stereocenters. The van der Waals surface area contributed by atoms with E-state index < -0.39 is 16.0 Å². The summed E-state index contributed by atoms with van der Waals surface area (Å²) in [6.07, 6.45) is 0.567. The zero-order valence-electron chi connectivity index (χ0n) is 11.5. The number of aliphatic hydroxyl groups is 1. The minimum absolute atomic E-state index is 0.122. The van der Waals surface area contributed by atoms with Crippen LogP contribution >= 0.6 is 11.8 Å². The Morgan fingerprint density at radius 1 is 1.19 bits per heavy atom. The Labute approximate surface area is 128 Å². The van der Waals surface area contributed by atoms with E-state index >= 15 is 0 Å². The summed E-state index contributed by atoms with van der Waals surface area (Å²) in [5, 5.41) is 17.3. The topological polar surface area (TPSA) is 104 Å². The van der Waals surface area contributed by atoms with Crippen molar-refractivity contribution in [1.29, 1.82) is 0 Å². The van der Waals surface area contributed by atoms with E-state index in [0.717, 1.165) is 5.75 Å². The van der Waals surface area contributed by atoms with Crippen LogP contribution in [0.5, 0.6) is 0 Å². The number of thioether (sulfide) groups is 1. The van der Waals surface area contributed by atoms with Crippen molar-refractivity contribution in [3.8, 4) is 0 Å². The molecule has 0 unspecified atom stereocenters. The van der Waals surface area contributed by atoms with Crippen molar-refractivity contribution in [3.05, 3.63) is 29.8 Å². The third-order valence-electron chi connectivity index (χ3n) is 2.57. The number of sulfonamides is 1. The normalized spacial score (nSPS) is 11.5. The number of benzene rings is 1. The Kier molecular flexibility index (Phi) is 7.73. The van der Waals surface area contributed by atoms with E-state index in [1.807, 2.05) is 0 Å². The summed E-state index contributed by atoms with van der Waals surface area (Å²) in [4.78, 5) is 10.7. The van der Waals surface area contributed by atoms with Crippen LogP contribution in [-0.4, -0.2) is 49.3 Å². The number of carboxylic acids is 1. The SMILES string of the molecule is O=C(O)Cc1ccc(S(=O)(=O)NCCSCCCO)cc1. The monoisotopic (exact) mass is 333 g/mol. The molecule has 118 valence electrons. The molecule has 0 amide bonds. The van der Waals surface area contributed by atoms with Gasteiger partial charge in [0.2, 0.25) is 10.0 Å². The number of carboxylic acid groups (broad SMARTS) is 1. The molecule has 1 rings (SSSR count). The average Bonchev–Trinajstić information content (AvgIpc) is 2.42. The quantitative estimate of drug-likeness (QED) is 0.545. The van der Waals surface area contributed by atoms with Gasteiger partial charge in [0, 0.05) is 18.9 Å². The maximum Gasteiger partial charge on any atom is 0.307 e. The van der Waals surface area contributed by atoms with Crippen molar-refractivity contribution in [2.75, 3.05) is 24.7 Å². The van der Waals surface area contributed by atoms with Gasteiger partial charge in [0.05, 0.1) is 11.3 Å². The van der Waals surface area contributed by atoms with Crippen molar-refractivity contribution in [2.24, 2.45) is 0 Å². The molecule has 21 heavy (non-hydrogen) atoms. The highest BCUT2D eigenvalue weighted by Gasteiger charge is 2.13. The molecule has 0 heterocycles. The largest absolute Gasteiger partial charge is 0.481 e. The predicted octanol–water partition coefficient (Wildman–Crippen LogP) is 0.708. The fraction of sp³-hybridized carbons (Fsp3) is 0.462. The zero-order chi connectivity index (χ0) is 15.7. The molecule has 0 radical (unpaired) electrons. The summed E-state index contributed by atoms with van der Waals surface area (Å²) < 4.78 is 26.4. The summed E-state index contributed by atoms with van der Waals surface area (Å²) in [5.41, 5.74) is 0.556. The molecule has 0 aliphatic heterocycles. The van der Waals surface area contributed by atoms with Gasteiger partial charge in [0.15, 0.2) is 0 Å². The van der Waals surface area contributed by atoms with Crippen molar-refractivity contribution >= 4 is 27.8 Å². The molecule has 0 aliphatic rings. The Morgan fingerprint density at radius 2 is 1.86 bits per heavy atom. The van der Waals surface area contributed by atoms with Crippen molar-refractivity contribution in [3.63, 3.8) is 0 Å². The van der Waals surface area contributed by atoms with Crippen LogP contribution in [0.25, 0.3) is 0 Å². The van der Waals surface area contributed by atoms with Crippen molar-refractivity contribution < 1.29 is 23.4 Å². The lowest BCUT2D eigenvalue weighted by Crippen LogP contribution is -2.26. The smallest absolute Gasteiger partial charge is 0.307 e. The van der Waals surface area contributed by atoms with Gasteiger partial charge in [0.1, 0.15) is 0 Å². The van der Waals surface area contributed by atoms with Crippen molar-refractivity contribution in [1.82, 2.24) is 4.72 Å². The van der Waals surface area contributed by atoms with Crippen LogP contribution in [0.1, 0.15) is 12.0 Å². The predicted molar refractivity (Wildman–Crippen MR) is 82.0 cm³/mol. The van der Waals surface area contributed by atoms with Crippen LogP contribution in [-0.2, 0) is 21.2 Å². The first-order chi connectivity index (χ1) is 9.95. The second-order valence-corrected chi connectivity index (χ2v) is 7.29. The lowest BCUT2D eigenvalue weighted by molar-refractivity contribution is -0.136. The molecule has 0 saturated heterocycles. The molecular weight excluding hydrogens is 314 g/mol. The van der Waals surface area contributed by atoms with E-state index in [-0.39, 0.29) is 17.9 Å². The number of nitrogens with one attached hydrogen (secondary N) is 1. The molecule has 0 aromatic heterocycles. The number of hydrogen-bond acceptors (Lipinski definition) is 5. The van der Waals surface area contributed by atoms with Crippen LogP contribution in [0.2, 0.25) is 0 Å². The molecular formula is C13H19NO5S2. The highest BCUT2D eigenvalue weighted by Crippen LogP contribution is 2.11. The van der Waals surface area contributed by atoms with Crippen LogP contribution < -0.4 is 4.72 Å². The highest BCUT2D eigenvalue weighted by atomic mass is 32.2. The molecule has 0 fully saturated rings. The molecule has 3 N–H and O–H groups in total. The minimum atomic E-state index is -3.56. The number of hydrogen-bond donors (Lipinski definition) is 3. The lowest BCUT2D eigenvalue weighted by Gasteiger charge is -2.07. The first-order valence-corrected chi connectivity index (χ1v) is 9.08. The maximum atomic E-state index is 12.0. The van der Waals surface area contributed by atoms with Gasteiger partial charge in [-0.3, -0.25) is 4.79 Å². The Hall–Kier alpha value is -1.09. The fourth-order valence-electron chi connectivity index (χ4n) is 1.56. The number of aliphatic hydroxyl groups excluding tert-OH is 1.